The summed E-state index contributed by atoms with van der Waals surface area (Å²) in [6.45, 7) is -0.970. The van der Waals surface area contributed by atoms with Crippen molar-refractivity contribution in [2.24, 2.45) is 11.8 Å². The van der Waals surface area contributed by atoms with E-state index in [1.54, 1.807) is 0 Å². The number of hydrogen-bond acceptors (Lipinski definition) is 8. The lowest BCUT2D eigenvalue weighted by molar-refractivity contribution is -0.385. The summed E-state index contributed by atoms with van der Waals surface area (Å²) in [6.07, 6.45) is 0. The number of nitrogens with zero attached hydrogens (tertiary/aromatic N) is 4. The molecule has 0 N–H and O–H groups in total. The quantitative estimate of drug-likeness (QED) is 0.126. The highest BCUT2D eigenvalue weighted by Crippen LogP contribution is 2.77. The van der Waals surface area contributed by atoms with Crippen LogP contribution in [0.25, 0.3) is 0 Å². The Kier molecular flexibility index (Phi) is 7.28. The molecule has 2 fully saturated rings. The van der Waals surface area contributed by atoms with Gasteiger partial charge in [0.1, 0.15) is 16.3 Å². The van der Waals surface area contributed by atoms with Crippen molar-refractivity contribution in [3.05, 3.63) is 90.0 Å². The second-order valence-corrected chi connectivity index (χ2v) is 12.7. The van der Waals surface area contributed by atoms with Gasteiger partial charge in [-0.3, -0.25) is 39.4 Å². The average Bonchev–Trinajstić information content (AvgIpc) is 3.34. The van der Waals surface area contributed by atoms with E-state index < -0.39 is 71.5 Å². The van der Waals surface area contributed by atoms with E-state index in [0.29, 0.717) is 10.0 Å². The van der Waals surface area contributed by atoms with Crippen LogP contribution in [0.3, 0.4) is 0 Å². The van der Waals surface area contributed by atoms with Crippen molar-refractivity contribution in [3.63, 3.8) is 0 Å². The third kappa shape index (κ3) is 3.89. The highest BCUT2D eigenvalue weighted by atomic mass is 35.5. The summed E-state index contributed by atoms with van der Waals surface area (Å²) in [6, 6.07) is 8.63. The maximum absolute atomic E-state index is 13.9. The van der Waals surface area contributed by atoms with Gasteiger partial charge in [0.15, 0.2) is 10.1 Å². The smallest absolute Gasteiger partial charge is 0.273 e. The lowest BCUT2D eigenvalue weighted by atomic mass is 9.84. The van der Waals surface area contributed by atoms with Crippen LogP contribution in [-0.4, -0.2) is 64.0 Å². The molecule has 0 aromatic heterocycles. The number of hydrogen-bond donors (Lipinski definition) is 0. The standard InChI is InChI=1S/C24H12Cl6N4O8/c25-17-18(26)23(28)16-15(22(17,27)24(23,29)30)20(37)32(21(16)38)31(19(36)11-2-1-3-13(8-11)34(41)42)9-14(35)10-4-6-12(7-5-10)33(39)40/h1-8,15-16H,9H2/t15-,16-,22+,23+/m0/s1. The van der Waals surface area contributed by atoms with E-state index >= 15 is 0 Å². The summed E-state index contributed by atoms with van der Waals surface area (Å²) >= 11 is 39.1. The zero-order chi connectivity index (χ0) is 31.1. The second-order valence-electron chi connectivity index (χ2n) is 9.47. The third-order valence-electron chi connectivity index (χ3n) is 7.36. The molecule has 2 aromatic carbocycles. The fraction of sp³-hybridized carbons (Fsp3) is 0.250. The molecule has 3 aliphatic rings. The minimum atomic E-state index is -2.26. The predicted molar refractivity (Wildman–Crippen MR) is 151 cm³/mol. The van der Waals surface area contributed by atoms with Crippen LogP contribution in [0.1, 0.15) is 20.7 Å². The first-order chi connectivity index (χ1) is 19.5. The fourth-order valence-electron chi connectivity index (χ4n) is 5.35. The summed E-state index contributed by atoms with van der Waals surface area (Å²) < 4.78 is -2.26. The minimum Gasteiger partial charge on any atom is -0.292 e. The van der Waals surface area contributed by atoms with E-state index in [2.05, 4.69) is 0 Å². The molecule has 1 aliphatic heterocycles. The molecule has 18 heteroatoms. The van der Waals surface area contributed by atoms with Gasteiger partial charge < -0.3 is 0 Å². The molecule has 1 saturated carbocycles. The molecule has 42 heavy (non-hydrogen) atoms. The van der Waals surface area contributed by atoms with Gasteiger partial charge in [0.25, 0.3) is 29.1 Å². The number of nitro groups is 2. The molecular formula is C24H12Cl6N4O8. The topological polar surface area (TPSA) is 161 Å². The third-order valence-corrected chi connectivity index (χ3v) is 11.6. The Labute approximate surface area is 264 Å². The van der Waals surface area contributed by atoms with Crippen molar-refractivity contribution < 1.29 is 29.0 Å². The summed E-state index contributed by atoms with van der Waals surface area (Å²) in [5, 5.41) is 22.4. The maximum atomic E-state index is 13.9. The molecule has 4 atom stereocenters. The van der Waals surface area contributed by atoms with Gasteiger partial charge >= 0.3 is 0 Å². The van der Waals surface area contributed by atoms with Crippen LogP contribution in [-0.2, 0) is 9.59 Å². The predicted octanol–water partition coefficient (Wildman–Crippen LogP) is 5.19. The lowest BCUT2D eigenvalue weighted by Gasteiger charge is -2.36. The molecular weight excluding hydrogens is 685 g/mol. The molecule has 12 nitrogen and oxygen atoms in total. The number of imide groups is 1. The SMILES string of the molecule is O=C(CN(C(=O)c1cccc([N+](=O)[O-])c1)N1C(=O)[C@@H]2[C@@H](C1=O)[C@@]1(Cl)C(Cl)=C(Cl)[C@@]2(Cl)C1(Cl)Cl)c1ccc([N+](=O)[O-])cc1. The molecule has 0 radical (unpaired) electrons. The molecule has 0 unspecified atom stereocenters. The van der Waals surface area contributed by atoms with E-state index in [1.807, 2.05) is 0 Å². The van der Waals surface area contributed by atoms with E-state index in [1.165, 1.54) is 6.07 Å². The number of Topliss-reactive ketones (excluding diaryl/α,β-unsaturated/α-hetero) is 1. The number of benzene rings is 2. The van der Waals surface area contributed by atoms with Gasteiger partial charge in [0.05, 0.1) is 31.7 Å². The van der Waals surface area contributed by atoms with Crippen LogP contribution >= 0.6 is 69.6 Å². The molecule has 1 heterocycles. The number of amides is 3. The zero-order valence-electron chi connectivity index (χ0n) is 20.3. The first kappa shape index (κ1) is 30.5. The Bertz CT molecular complexity index is 1620. The number of halogens is 6. The van der Waals surface area contributed by atoms with Gasteiger partial charge in [-0.05, 0) is 18.2 Å². The van der Waals surface area contributed by atoms with Crippen molar-refractivity contribution >= 4 is 104 Å². The first-order valence-corrected chi connectivity index (χ1v) is 13.8. The normalized spacial score (nSPS) is 27.3. The number of alkyl halides is 4. The van der Waals surface area contributed by atoms with Crippen molar-refractivity contribution in [1.29, 1.82) is 0 Å². The highest BCUT2D eigenvalue weighted by molar-refractivity contribution is 6.66. The summed E-state index contributed by atoms with van der Waals surface area (Å²) in [7, 11) is 0. The number of allylic oxidation sites excluding steroid dienone is 2. The van der Waals surface area contributed by atoms with E-state index in [-0.39, 0.29) is 26.9 Å². The fourth-order valence-corrected chi connectivity index (χ4v) is 8.28. The molecule has 218 valence electrons. The van der Waals surface area contributed by atoms with Crippen LogP contribution in [0.5, 0.6) is 0 Å². The lowest BCUT2D eigenvalue weighted by Crippen LogP contribution is -2.56. The molecule has 0 spiro atoms. The molecule has 2 aliphatic carbocycles. The van der Waals surface area contributed by atoms with Crippen molar-refractivity contribution in [1.82, 2.24) is 10.0 Å². The Balaban J connectivity index is 1.59. The van der Waals surface area contributed by atoms with Gasteiger partial charge in [-0.25, -0.2) is 5.01 Å². The highest BCUT2D eigenvalue weighted by Gasteiger charge is 2.88. The Morgan fingerprint density at radius 1 is 0.810 bits per heavy atom. The van der Waals surface area contributed by atoms with Crippen LogP contribution in [0.4, 0.5) is 11.4 Å². The summed E-state index contributed by atoms with van der Waals surface area (Å²) in [5.74, 6) is -7.59. The average molecular weight is 697 g/mol. The largest absolute Gasteiger partial charge is 0.292 e. The first-order valence-electron chi connectivity index (χ1n) is 11.5. The Hall–Kier alpha value is -3.00. The number of ketones is 1. The molecule has 1 saturated heterocycles. The van der Waals surface area contributed by atoms with Crippen LogP contribution in [0, 0.1) is 32.1 Å². The van der Waals surface area contributed by atoms with Crippen molar-refractivity contribution in [2.45, 2.75) is 14.1 Å². The monoisotopic (exact) mass is 694 g/mol. The van der Waals surface area contributed by atoms with Gasteiger partial charge in [0, 0.05) is 35.4 Å². The van der Waals surface area contributed by atoms with Crippen LogP contribution in [0.2, 0.25) is 0 Å². The number of nitro benzene ring substituents is 2. The van der Waals surface area contributed by atoms with Gasteiger partial charge in [0.2, 0.25) is 0 Å². The van der Waals surface area contributed by atoms with Gasteiger partial charge in [-0.1, -0.05) is 52.5 Å². The Morgan fingerprint density at radius 2 is 1.31 bits per heavy atom. The van der Waals surface area contributed by atoms with Gasteiger partial charge in [-0.2, -0.15) is 5.01 Å². The number of carbonyl (C=O) groups is 4. The molecule has 2 aromatic rings. The number of carbonyl (C=O) groups excluding carboxylic acids is 4. The van der Waals surface area contributed by atoms with Crippen LogP contribution < -0.4 is 0 Å². The zero-order valence-corrected chi connectivity index (χ0v) is 24.8. The van der Waals surface area contributed by atoms with E-state index in [9.17, 15) is 39.4 Å². The van der Waals surface area contributed by atoms with E-state index in [0.717, 1.165) is 42.5 Å². The van der Waals surface area contributed by atoms with E-state index in [4.69, 9.17) is 69.6 Å². The number of non-ortho nitro benzene ring substituents is 2. The van der Waals surface area contributed by atoms with Crippen molar-refractivity contribution in [3.8, 4) is 0 Å². The minimum absolute atomic E-state index is 0.118. The number of rotatable bonds is 7. The number of hydrazine groups is 1. The molecule has 2 bridgehead atoms. The Morgan fingerprint density at radius 3 is 1.79 bits per heavy atom. The van der Waals surface area contributed by atoms with Crippen LogP contribution in [0.15, 0.2) is 58.6 Å². The van der Waals surface area contributed by atoms with Gasteiger partial charge in [-0.15, -0.1) is 23.2 Å². The summed E-state index contributed by atoms with van der Waals surface area (Å²) in [4.78, 5) is 71.3. The number of fused-ring (bicyclic) bond motifs is 5. The molecule has 5 rings (SSSR count). The maximum Gasteiger partial charge on any atom is 0.273 e. The second kappa shape index (κ2) is 10.0. The molecule has 3 amide bonds. The van der Waals surface area contributed by atoms with Crippen molar-refractivity contribution in [2.75, 3.05) is 6.54 Å². The summed E-state index contributed by atoms with van der Waals surface area (Å²) in [5.41, 5.74) is -1.29.